The molecule has 2 heterocycles. The van der Waals surface area contributed by atoms with E-state index >= 15 is 0 Å². The van der Waals surface area contributed by atoms with Gasteiger partial charge < -0.3 is 5.32 Å². The van der Waals surface area contributed by atoms with Crippen molar-refractivity contribution >= 4 is 11.5 Å². The second-order valence-corrected chi connectivity index (χ2v) is 5.92. The maximum absolute atomic E-state index is 13.0. The smallest absolute Gasteiger partial charge is 0.151 e. The number of nitrogens with zero attached hydrogens (tertiary/aromatic N) is 1. The average molecular weight is 278 g/mol. The van der Waals surface area contributed by atoms with Gasteiger partial charge in [-0.25, -0.2) is 0 Å². The molecular weight excluding hydrogens is 260 g/mol. The van der Waals surface area contributed by atoms with Gasteiger partial charge in [0.1, 0.15) is 0 Å². The number of fused-ring (bicyclic) bond motifs is 2. The van der Waals surface area contributed by atoms with Crippen molar-refractivity contribution in [2.75, 3.05) is 11.9 Å². The molecule has 2 atom stereocenters. The predicted molar refractivity (Wildman–Crippen MR) is 82.6 cm³/mol. The van der Waals surface area contributed by atoms with Gasteiger partial charge in [-0.15, -0.1) is 0 Å². The average Bonchev–Trinajstić information content (AvgIpc) is 2.98. The van der Waals surface area contributed by atoms with E-state index in [9.17, 15) is 4.79 Å². The van der Waals surface area contributed by atoms with Gasteiger partial charge in [-0.1, -0.05) is 24.3 Å². The van der Waals surface area contributed by atoms with E-state index in [1.54, 1.807) is 0 Å². The van der Waals surface area contributed by atoms with Crippen LogP contribution in [0.1, 0.15) is 41.5 Å². The van der Waals surface area contributed by atoms with Crippen molar-refractivity contribution in [2.45, 2.75) is 31.1 Å². The number of Topliss-reactive ketones (excluding diaryl/α,β-unsaturated/α-hetero) is 1. The zero-order chi connectivity index (χ0) is 14.2. The first-order valence-electron chi connectivity index (χ1n) is 7.65. The van der Waals surface area contributed by atoms with E-state index in [1.807, 2.05) is 24.4 Å². The van der Waals surface area contributed by atoms with Gasteiger partial charge in [0.2, 0.25) is 0 Å². The molecule has 3 heteroatoms. The number of aromatic nitrogens is 1. The minimum Gasteiger partial charge on any atom is -0.384 e. The van der Waals surface area contributed by atoms with E-state index in [2.05, 4.69) is 28.5 Å². The third-order valence-electron chi connectivity index (χ3n) is 4.71. The third kappa shape index (κ3) is 2.04. The quantitative estimate of drug-likeness (QED) is 0.916. The Morgan fingerprint density at radius 2 is 2.05 bits per heavy atom. The van der Waals surface area contributed by atoms with E-state index in [1.165, 1.54) is 5.56 Å². The zero-order valence-corrected chi connectivity index (χ0v) is 11.9. The van der Waals surface area contributed by atoms with Crippen LogP contribution in [0.2, 0.25) is 0 Å². The van der Waals surface area contributed by atoms with Crippen molar-refractivity contribution in [2.24, 2.45) is 0 Å². The van der Waals surface area contributed by atoms with Crippen LogP contribution in [0.15, 0.2) is 42.6 Å². The van der Waals surface area contributed by atoms with E-state index in [0.717, 1.165) is 42.8 Å². The van der Waals surface area contributed by atoms with Crippen molar-refractivity contribution in [1.29, 1.82) is 0 Å². The summed E-state index contributed by atoms with van der Waals surface area (Å²) < 4.78 is 0. The number of anilines is 1. The van der Waals surface area contributed by atoms with E-state index in [4.69, 9.17) is 0 Å². The maximum atomic E-state index is 13.0. The molecule has 0 spiro atoms. The van der Waals surface area contributed by atoms with Crippen molar-refractivity contribution in [3.63, 3.8) is 0 Å². The van der Waals surface area contributed by atoms with Crippen molar-refractivity contribution in [3.05, 3.63) is 59.4 Å². The number of benzene rings is 1. The lowest BCUT2D eigenvalue weighted by molar-refractivity contribution is -0.122. The number of para-hydroxylation sites is 1. The third-order valence-corrected chi connectivity index (χ3v) is 4.71. The molecular formula is C18H18N2O. The Kier molecular flexibility index (Phi) is 2.99. The Morgan fingerprint density at radius 3 is 3.00 bits per heavy atom. The van der Waals surface area contributed by atoms with Crippen LogP contribution in [0.3, 0.4) is 0 Å². The first-order valence-corrected chi connectivity index (χ1v) is 7.65. The molecule has 0 radical (unpaired) electrons. The van der Waals surface area contributed by atoms with Gasteiger partial charge in [-0.2, -0.15) is 0 Å². The van der Waals surface area contributed by atoms with Crippen molar-refractivity contribution in [3.8, 4) is 0 Å². The van der Waals surface area contributed by atoms with Gasteiger partial charge in [0.25, 0.3) is 0 Å². The topological polar surface area (TPSA) is 42.0 Å². The Morgan fingerprint density at radius 1 is 1.14 bits per heavy atom. The second kappa shape index (κ2) is 4.99. The highest BCUT2D eigenvalue weighted by Gasteiger charge is 2.36. The number of hydrogen-bond acceptors (Lipinski definition) is 3. The Hall–Kier alpha value is -2.16. The molecule has 0 fully saturated rings. The van der Waals surface area contributed by atoms with Crippen LogP contribution >= 0.6 is 0 Å². The first kappa shape index (κ1) is 12.6. The van der Waals surface area contributed by atoms with Crippen LogP contribution in [-0.2, 0) is 11.2 Å². The predicted octanol–water partition coefficient (Wildman–Crippen LogP) is 3.28. The lowest BCUT2D eigenvalue weighted by atomic mass is 9.79. The molecule has 2 aliphatic rings. The monoisotopic (exact) mass is 278 g/mol. The van der Waals surface area contributed by atoms with Crippen LogP contribution in [0, 0.1) is 0 Å². The van der Waals surface area contributed by atoms with Gasteiger partial charge in [0.05, 0.1) is 17.5 Å². The van der Waals surface area contributed by atoms with Crippen LogP contribution in [-0.4, -0.2) is 17.3 Å². The normalized spacial score (nSPS) is 23.0. The lowest BCUT2D eigenvalue weighted by Crippen LogP contribution is -2.26. The maximum Gasteiger partial charge on any atom is 0.151 e. The summed E-state index contributed by atoms with van der Waals surface area (Å²) in [5.41, 5.74) is 4.51. The molecule has 0 amide bonds. The number of carbonyl (C=O) groups excluding carboxylic acids is 1. The number of pyridine rings is 1. The fourth-order valence-corrected chi connectivity index (χ4v) is 3.67. The molecule has 1 aromatic carbocycles. The number of ketones is 1. The molecule has 106 valence electrons. The number of nitrogens with one attached hydrogen (secondary N) is 1. The Balaban J connectivity index is 1.68. The standard InChI is InChI=1S/C18H18N2O/c21-18(15-11-20-16-9-2-1-7-13(15)16)14-8-3-5-12-6-4-10-19-17(12)14/h1-2,4,6-7,9-10,14-15,20H,3,5,8,11H2. The van der Waals surface area contributed by atoms with Crippen LogP contribution in [0.4, 0.5) is 5.69 Å². The second-order valence-electron chi connectivity index (χ2n) is 5.92. The summed E-state index contributed by atoms with van der Waals surface area (Å²) in [6.45, 7) is 0.719. The number of rotatable bonds is 2. The Labute approximate surface area is 124 Å². The molecule has 0 bridgehead atoms. The van der Waals surface area contributed by atoms with Gasteiger partial charge >= 0.3 is 0 Å². The minimum atomic E-state index is -0.0343. The highest BCUT2D eigenvalue weighted by molar-refractivity contribution is 5.94. The van der Waals surface area contributed by atoms with Gasteiger partial charge in [-0.3, -0.25) is 9.78 Å². The molecule has 1 aromatic heterocycles. The number of hydrogen-bond donors (Lipinski definition) is 1. The summed E-state index contributed by atoms with van der Waals surface area (Å²) in [7, 11) is 0. The number of carbonyl (C=O) groups is 1. The number of aryl methyl sites for hydroxylation is 1. The molecule has 2 aromatic rings. The summed E-state index contributed by atoms with van der Waals surface area (Å²) in [5, 5.41) is 3.35. The van der Waals surface area contributed by atoms with Gasteiger partial charge in [0.15, 0.2) is 5.78 Å². The van der Waals surface area contributed by atoms with Crippen LogP contribution < -0.4 is 5.32 Å². The molecule has 21 heavy (non-hydrogen) atoms. The molecule has 1 aliphatic carbocycles. The molecule has 1 aliphatic heterocycles. The highest BCUT2D eigenvalue weighted by Crippen LogP contribution is 2.39. The summed E-state index contributed by atoms with van der Waals surface area (Å²) in [6.07, 6.45) is 4.87. The van der Waals surface area contributed by atoms with E-state index in [-0.39, 0.29) is 11.8 Å². The van der Waals surface area contributed by atoms with Crippen LogP contribution in [0.25, 0.3) is 0 Å². The van der Waals surface area contributed by atoms with E-state index < -0.39 is 0 Å². The largest absolute Gasteiger partial charge is 0.384 e. The molecule has 2 unspecified atom stereocenters. The fourth-order valence-electron chi connectivity index (χ4n) is 3.67. The molecule has 3 nitrogen and oxygen atoms in total. The summed E-state index contributed by atoms with van der Waals surface area (Å²) in [5.74, 6) is 0.263. The van der Waals surface area contributed by atoms with Gasteiger partial charge in [-0.05, 0) is 42.5 Å². The zero-order valence-electron chi connectivity index (χ0n) is 11.9. The molecule has 4 rings (SSSR count). The summed E-state index contributed by atoms with van der Waals surface area (Å²) >= 11 is 0. The fraction of sp³-hybridized carbons (Fsp3) is 0.333. The lowest BCUT2D eigenvalue weighted by Gasteiger charge is -2.25. The molecule has 0 saturated carbocycles. The first-order chi connectivity index (χ1) is 10.3. The summed E-state index contributed by atoms with van der Waals surface area (Å²) in [6, 6.07) is 12.2. The SMILES string of the molecule is O=C(C1CNc2ccccc21)C1CCCc2cccnc21. The summed E-state index contributed by atoms with van der Waals surface area (Å²) in [4.78, 5) is 17.6. The molecule has 0 saturated heterocycles. The Bertz CT molecular complexity index is 695. The van der Waals surface area contributed by atoms with Crippen LogP contribution in [0.5, 0.6) is 0 Å². The van der Waals surface area contributed by atoms with Gasteiger partial charge in [0, 0.05) is 18.4 Å². The van der Waals surface area contributed by atoms with E-state index in [0.29, 0.717) is 5.78 Å². The minimum absolute atomic E-state index is 0.0286. The molecule has 1 N–H and O–H groups in total. The highest BCUT2D eigenvalue weighted by atomic mass is 16.1. The van der Waals surface area contributed by atoms with Crippen molar-refractivity contribution < 1.29 is 4.79 Å². The van der Waals surface area contributed by atoms with Crippen molar-refractivity contribution in [1.82, 2.24) is 4.98 Å².